The van der Waals surface area contributed by atoms with Crippen molar-refractivity contribution in [1.29, 1.82) is 0 Å². The van der Waals surface area contributed by atoms with Gasteiger partial charge in [-0.25, -0.2) is 0 Å². The highest BCUT2D eigenvalue weighted by atomic mass is 16.5. The van der Waals surface area contributed by atoms with Crippen molar-refractivity contribution in [2.75, 3.05) is 33.4 Å². The summed E-state index contributed by atoms with van der Waals surface area (Å²) in [7, 11) is 1.73. The first-order valence-electron chi connectivity index (χ1n) is 7.53. The number of carbonyl (C=O) groups excluding carboxylic acids is 1. The topological polar surface area (TPSA) is 55.6 Å². The Kier molecular flexibility index (Phi) is 7.39. The number of hydrogen-bond donors (Lipinski definition) is 1. The predicted molar refractivity (Wildman–Crippen MR) is 77.8 cm³/mol. The SMILES string of the molecule is COCC1CCCN(C(=O)CC(CN)CC(C)C)C1. The number of hydrogen-bond acceptors (Lipinski definition) is 3. The van der Waals surface area contributed by atoms with Gasteiger partial charge in [-0.15, -0.1) is 0 Å². The third kappa shape index (κ3) is 5.91. The molecule has 1 saturated heterocycles. The summed E-state index contributed by atoms with van der Waals surface area (Å²) in [6.45, 7) is 7.49. The zero-order valence-electron chi connectivity index (χ0n) is 12.7. The molecule has 112 valence electrons. The molecule has 0 radical (unpaired) electrons. The minimum atomic E-state index is 0.275. The van der Waals surface area contributed by atoms with Crippen LogP contribution in [0.4, 0.5) is 0 Å². The summed E-state index contributed by atoms with van der Waals surface area (Å²) in [6, 6.07) is 0. The molecule has 0 saturated carbocycles. The maximum atomic E-state index is 12.3. The van der Waals surface area contributed by atoms with Crippen molar-refractivity contribution in [2.24, 2.45) is 23.5 Å². The van der Waals surface area contributed by atoms with Crippen molar-refractivity contribution in [2.45, 2.75) is 39.5 Å². The lowest BCUT2D eigenvalue weighted by molar-refractivity contribution is -0.134. The quantitative estimate of drug-likeness (QED) is 0.768. The Morgan fingerprint density at radius 1 is 1.47 bits per heavy atom. The van der Waals surface area contributed by atoms with Crippen molar-refractivity contribution in [3.05, 3.63) is 0 Å². The molecular formula is C15H30N2O2. The van der Waals surface area contributed by atoms with Crippen molar-refractivity contribution < 1.29 is 9.53 Å². The van der Waals surface area contributed by atoms with Crippen LogP contribution in [0.3, 0.4) is 0 Å². The molecule has 1 aliphatic heterocycles. The molecular weight excluding hydrogens is 240 g/mol. The lowest BCUT2D eigenvalue weighted by atomic mass is 9.92. The van der Waals surface area contributed by atoms with Crippen LogP contribution in [-0.4, -0.2) is 44.2 Å². The fourth-order valence-corrected chi connectivity index (χ4v) is 2.97. The molecule has 1 rings (SSSR count). The van der Waals surface area contributed by atoms with E-state index in [1.54, 1.807) is 7.11 Å². The minimum Gasteiger partial charge on any atom is -0.384 e. The first-order chi connectivity index (χ1) is 9.06. The zero-order valence-corrected chi connectivity index (χ0v) is 12.7. The molecule has 1 aliphatic rings. The van der Waals surface area contributed by atoms with Crippen molar-refractivity contribution in [3.8, 4) is 0 Å². The van der Waals surface area contributed by atoms with Gasteiger partial charge < -0.3 is 15.4 Å². The van der Waals surface area contributed by atoms with Crippen LogP contribution in [0.2, 0.25) is 0 Å². The number of piperidine rings is 1. The first kappa shape index (κ1) is 16.4. The summed E-state index contributed by atoms with van der Waals surface area (Å²) in [5.41, 5.74) is 5.78. The van der Waals surface area contributed by atoms with Gasteiger partial charge in [0.15, 0.2) is 0 Å². The van der Waals surface area contributed by atoms with Gasteiger partial charge in [0.2, 0.25) is 5.91 Å². The number of likely N-dealkylation sites (tertiary alicyclic amines) is 1. The number of carbonyl (C=O) groups is 1. The summed E-state index contributed by atoms with van der Waals surface area (Å²) in [6.07, 6.45) is 3.91. The van der Waals surface area contributed by atoms with E-state index >= 15 is 0 Å². The Hall–Kier alpha value is -0.610. The molecule has 4 nitrogen and oxygen atoms in total. The molecule has 0 bridgehead atoms. The molecule has 2 unspecified atom stereocenters. The van der Waals surface area contributed by atoms with E-state index in [0.717, 1.165) is 32.5 Å². The normalized spacial score (nSPS) is 21.7. The molecule has 2 atom stereocenters. The molecule has 4 heteroatoms. The average molecular weight is 270 g/mol. The highest BCUT2D eigenvalue weighted by Crippen LogP contribution is 2.20. The molecule has 0 aromatic rings. The van der Waals surface area contributed by atoms with Crippen LogP contribution in [0.1, 0.15) is 39.5 Å². The predicted octanol–water partition coefficient (Wildman–Crippen LogP) is 1.88. The summed E-state index contributed by atoms with van der Waals surface area (Å²) >= 11 is 0. The van der Waals surface area contributed by atoms with Crippen LogP contribution in [0, 0.1) is 17.8 Å². The first-order valence-corrected chi connectivity index (χ1v) is 7.53. The molecule has 19 heavy (non-hydrogen) atoms. The van der Waals surface area contributed by atoms with Crippen molar-refractivity contribution >= 4 is 5.91 Å². The standard InChI is InChI=1S/C15H30N2O2/c1-12(2)7-14(9-16)8-15(18)17-6-4-5-13(10-17)11-19-3/h12-14H,4-11,16H2,1-3H3. The van der Waals surface area contributed by atoms with Crippen molar-refractivity contribution in [3.63, 3.8) is 0 Å². The largest absolute Gasteiger partial charge is 0.384 e. The number of nitrogens with zero attached hydrogens (tertiary/aromatic N) is 1. The van der Waals surface area contributed by atoms with Crippen molar-refractivity contribution in [1.82, 2.24) is 4.90 Å². The molecule has 2 N–H and O–H groups in total. The minimum absolute atomic E-state index is 0.275. The number of methoxy groups -OCH3 is 1. The molecule has 1 amide bonds. The number of nitrogens with two attached hydrogens (primary N) is 1. The summed E-state index contributed by atoms with van der Waals surface area (Å²) in [4.78, 5) is 14.3. The van der Waals surface area contributed by atoms with Gasteiger partial charge in [-0.05, 0) is 43.6 Å². The van der Waals surface area contributed by atoms with Crippen LogP contribution < -0.4 is 5.73 Å². The Balaban J connectivity index is 2.42. The number of rotatable bonds is 7. The average Bonchev–Trinajstić information content (AvgIpc) is 2.38. The van der Waals surface area contributed by atoms with Gasteiger partial charge >= 0.3 is 0 Å². The van der Waals surface area contributed by atoms with Gasteiger partial charge in [-0.1, -0.05) is 13.8 Å². The van der Waals surface area contributed by atoms with E-state index in [1.807, 2.05) is 4.90 Å². The maximum absolute atomic E-state index is 12.3. The summed E-state index contributed by atoms with van der Waals surface area (Å²) < 4.78 is 5.21. The van der Waals surface area contributed by atoms with Crippen LogP contribution in [0.25, 0.3) is 0 Å². The van der Waals surface area contributed by atoms with Crippen LogP contribution in [0.5, 0.6) is 0 Å². The fraction of sp³-hybridized carbons (Fsp3) is 0.933. The molecule has 1 heterocycles. The van der Waals surface area contributed by atoms with E-state index in [4.69, 9.17) is 10.5 Å². The van der Waals surface area contributed by atoms with Gasteiger partial charge in [0, 0.05) is 26.6 Å². The Bertz CT molecular complexity index is 267. The van der Waals surface area contributed by atoms with E-state index < -0.39 is 0 Å². The number of ether oxygens (including phenoxy) is 1. The lowest BCUT2D eigenvalue weighted by Gasteiger charge is -2.33. The van der Waals surface area contributed by atoms with Crippen LogP contribution in [-0.2, 0) is 9.53 Å². The molecule has 1 fully saturated rings. The second-order valence-corrected chi connectivity index (χ2v) is 6.24. The smallest absolute Gasteiger partial charge is 0.222 e. The van der Waals surface area contributed by atoms with Gasteiger partial charge in [-0.2, -0.15) is 0 Å². The van der Waals surface area contributed by atoms with E-state index in [1.165, 1.54) is 6.42 Å². The lowest BCUT2D eigenvalue weighted by Crippen LogP contribution is -2.42. The molecule has 0 aromatic carbocycles. The maximum Gasteiger partial charge on any atom is 0.222 e. The molecule has 0 aromatic heterocycles. The molecule has 0 aliphatic carbocycles. The second kappa shape index (κ2) is 8.54. The van der Waals surface area contributed by atoms with Crippen LogP contribution in [0.15, 0.2) is 0 Å². The van der Waals surface area contributed by atoms with E-state index in [0.29, 0.717) is 30.7 Å². The Morgan fingerprint density at radius 3 is 2.79 bits per heavy atom. The zero-order chi connectivity index (χ0) is 14.3. The third-order valence-electron chi connectivity index (χ3n) is 3.88. The van der Waals surface area contributed by atoms with Gasteiger partial charge in [0.05, 0.1) is 6.61 Å². The Morgan fingerprint density at radius 2 is 2.21 bits per heavy atom. The molecule has 0 spiro atoms. The highest BCUT2D eigenvalue weighted by Gasteiger charge is 2.25. The summed E-state index contributed by atoms with van der Waals surface area (Å²) in [5.74, 6) is 1.71. The van der Waals surface area contributed by atoms with Crippen LogP contribution >= 0.6 is 0 Å². The third-order valence-corrected chi connectivity index (χ3v) is 3.88. The van der Waals surface area contributed by atoms with E-state index in [2.05, 4.69) is 13.8 Å². The van der Waals surface area contributed by atoms with E-state index in [9.17, 15) is 4.79 Å². The Labute approximate surface area is 117 Å². The summed E-state index contributed by atoms with van der Waals surface area (Å²) in [5, 5.41) is 0. The highest BCUT2D eigenvalue weighted by molar-refractivity contribution is 5.76. The fourth-order valence-electron chi connectivity index (χ4n) is 2.97. The number of amides is 1. The van der Waals surface area contributed by atoms with Gasteiger partial charge in [0.25, 0.3) is 0 Å². The van der Waals surface area contributed by atoms with E-state index in [-0.39, 0.29) is 5.91 Å². The van der Waals surface area contributed by atoms with Gasteiger partial charge in [0.1, 0.15) is 0 Å². The monoisotopic (exact) mass is 270 g/mol. The second-order valence-electron chi connectivity index (χ2n) is 6.24. The van der Waals surface area contributed by atoms with Gasteiger partial charge in [-0.3, -0.25) is 4.79 Å².